The zero-order valence-corrected chi connectivity index (χ0v) is 31.1. The van der Waals surface area contributed by atoms with Crippen LogP contribution in [0.5, 0.6) is 0 Å². The number of carbonyl (C=O) groups excluding carboxylic acids is 2. The highest BCUT2D eigenvalue weighted by Crippen LogP contribution is 2.18. The minimum atomic E-state index is -1.02. The molecule has 0 fully saturated rings. The van der Waals surface area contributed by atoms with Gasteiger partial charge in [-0.25, -0.2) is 0 Å². The van der Waals surface area contributed by atoms with Crippen LogP contribution in [0.25, 0.3) is 0 Å². The minimum absolute atomic E-state index is 0.00777. The predicted molar refractivity (Wildman–Crippen MR) is 199 cm³/mol. The molecule has 2 N–H and O–H groups in total. The van der Waals surface area contributed by atoms with Crippen LogP contribution in [0.15, 0.2) is 12.2 Å². The second-order valence-electron chi connectivity index (χ2n) is 13.9. The van der Waals surface area contributed by atoms with E-state index in [0.29, 0.717) is 12.8 Å². The Kier molecular flexibility index (Phi) is 35.5. The van der Waals surface area contributed by atoms with Gasteiger partial charge in [-0.2, -0.15) is 0 Å². The SMILES string of the molecule is CCCCCCCCCC/C=C\CCCCCCCCCCCC(=O)OC(CCCCCCC)CCCCCCC(=O)NCC(=O)O. The molecule has 0 spiro atoms. The molecule has 1 atom stereocenters. The molecule has 0 aliphatic rings. The van der Waals surface area contributed by atoms with Crippen molar-refractivity contribution in [3.8, 4) is 0 Å². The standard InChI is InChI=1S/C41H77NO5/c1-3-5-7-9-10-11-12-13-14-15-16-17-18-19-20-21-22-23-24-26-32-36-41(46)47-38(33-29-25-8-6-4-2)34-30-27-28-31-35-39(43)42-37-40(44)45/h15-16,38H,3-14,17-37H2,1-2H3,(H,42,43)(H,44,45)/b16-15-. The number of nitrogens with one attached hydrogen (secondary N) is 1. The number of carbonyl (C=O) groups is 3. The summed E-state index contributed by atoms with van der Waals surface area (Å²) in [6, 6.07) is 0. The van der Waals surface area contributed by atoms with Gasteiger partial charge in [-0.15, -0.1) is 0 Å². The van der Waals surface area contributed by atoms with Crippen LogP contribution in [-0.4, -0.2) is 35.6 Å². The third-order valence-electron chi connectivity index (χ3n) is 9.19. The van der Waals surface area contributed by atoms with Crippen molar-refractivity contribution in [2.24, 2.45) is 0 Å². The van der Waals surface area contributed by atoms with Gasteiger partial charge in [-0.1, -0.05) is 154 Å². The molecular weight excluding hydrogens is 586 g/mol. The number of rotatable bonds is 37. The Morgan fingerprint density at radius 1 is 0.532 bits per heavy atom. The fourth-order valence-corrected chi connectivity index (χ4v) is 6.16. The molecular formula is C41H77NO5. The van der Waals surface area contributed by atoms with E-state index in [9.17, 15) is 14.4 Å². The minimum Gasteiger partial charge on any atom is -0.480 e. The fourth-order valence-electron chi connectivity index (χ4n) is 6.16. The predicted octanol–water partition coefficient (Wildman–Crippen LogP) is 12.2. The first kappa shape index (κ1) is 45.2. The van der Waals surface area contributed by atoms with Gasteiger partial charge < -0.3 is 15.2 Å². The number of ether oxygens (including phenoxy) is 1. The van der Waals surface area contributed by atoms with Crippen molar-refractivity contribution in [3.05, 3.63) is 12.2 Å². The van der Waals surface area contributed by atoms with Crippen LogP contribution >= 0.6 is 0 Å². The molecule has 0 radical (unpaired) electrons. The van der Waals surface area contributed by atoms with Crippen LogP contribution in [0.3, 0.4) is 0 Å². The summed E-state index contributed by atoms with van der Waals surface area (Å²) in [4.78, 5) is 34.8. The van der Waals surface area contributed by atoms with Crippen molar-refractivity contribution in [1.82, 2.24) is 5.32 Å². The van der Waals surface area contributed by atoms with Gasteiger partial charge in [-0.05, 0) is 64.2 Å². The highest BCUT2D eigenvalue weighted by Gasteiger charge is 2.14. The second-order valence-corrected chi connectivity index (χ2v) is 13.9. The molecule has 276 valence electrons. The van der Waals surface area contributed by atoms with E-state index in [-0.39, 0.29) is 24.5 Å². The van der Waals surface area contributed by atoms with E-state index in [1.165, 1.54) is 135 Å². The maximum Gasteiger partial charge on any atom is 0.322 e. The Balaban J connectivity index is 3.81. The van der Waals surface area contributed by atoms with Crippen LogP contribution in [0.2, 0.25) is 0 Å². The number of allylic oxidation sites excluding steroid dienone is 2. The molecule has 0 aromatic rings. The van der Waals surface area contributed by atoms with Crippen molar-refractivity contribution in [1.29, 1.82) is 0 Å². The van der Waals surface area contributed by atoms with Gasteiger partial charge in [0.05, 0.1) is 0 Å². The Labute approximate surface area is 291 Å². The largest absolute Gasteiger partial charge is 0.480 e. The summed E-state index contributed by atoms with van der Waals surface area (Å²) in [7, 11) is 0. The van der Waals surface area contributed by atoms with Gasteiger partial charge in [-0.3, -0.25) is 14.4 Å². The number of hydrogen-bond acceptors (Lipinski definition) is 4. The highest BCUT2D eigenvalue weighted by atomic mass is 16.5. The first-order valence-corrected chi connectivity index (χ1v) is 20.3. The normalized spacial score (nSPS) is 12.0. The van der Waals surface area contributed by atoms with Crippen LogP contribution in [-0.2, 0) is 19.1 Å². The third-order valence-corrected chi connectivity index (χ3v) is 9.19. The average molecular weight is 664 g/mol. The number of carboxylic acids is 1. The number of hydrogen-bond donors (Lipinski definition) is 2. The molecule has 0 aliphatic heterocycles. The smallest absolute Gasteiger partial charge is 0.322 e. The number of aliphatic carboxylic acids is 1. The first-order valence-electron chi connectivity index (χ1n) is 20.3. The van der Waals surface area contributed by atoms with Gasteiger partial charge in [0.15, 0.2) is 0 Å². The van der Waals surface area contributed by atoms with Crippen LogP contribution in [0.4, 0.5) is 0 Å². The van der Waals surface area contributed by atoms with Crippen molar-refractivity contribution in [2.45, 2.75) is 225 Å². The zero-order valence-electron chi connectivity index (χ0n) is 31.1. The molecule has 0 bridgehead atoms. The highest BCUT2D eigenvalue weighted by molar-refractivity contribution is 5.80. The van der Waals surface area contributed by atoms with E-state index in [2.05, 4.69) is 31.3 Å². The average Bonchev–Trinajstić information content (AvgIpc) is 3.05. The molecule has 0 aromatic heterocycles. The van der Waals surface area contributed by atoms with Crippen LogP contribution in [0.1, 0.15) is 219 Å². The van der Waals surface area contributed by atoms with Crippen molar-refractivity contribution in [3.63, 3.8) is 0 Å². The lowest BCUT2D eigenvalue weighted by molar-refractivity contribution is -0.150. The summed E-state index contributed by atoms with van der Waals surface area (Å²) in [5, 5.41) is 11.0. The van der Waals surface area contributed by atoms with E-state index >= 15 is 0 Å². The summed E-state index contributed by atoms with van der Waals surface area (Å²) < 4.78 is 5.94. The summed E-state index contributed by atoms with van der Waals surface area (Å²) in [6.07, 6.45) is 42.1. The topological polar surface area (TPSA) is 92.7 Å². The number of unbranched alkanes of at least 4 members (excludes halogenated alkanes) is 24. The Bertz CT molecular complexity index is 737. The van der Waals surface area contributed by atoms with Crippen LogP contribution < -0.4 is 5.32 Å². The number of amides is 1. The molecule has 6 nitrogen and oxygen atoms in total. The third kappa shape index (κ3) is 36.8. The summed E-state index contributed by atoms with van der Waals surface area (Å²) in [5.41, 5.74) is 0. The van der Waals surface area contributed by atoms with Gasteiger partial charge in [0.2, 0.25) is 5.91 Å². The fraction of sp³-hybridized carbons (Fsp3) is 0.878. The second kappa shape index (κ2) is 37.0. The van der Waals surface area contributed by atoms with Gasteiger partial charge >= 0.3 is 11.9 Å². The summed E-state index contributed by atoms with van der Waals surface area (Å²) >= 11 is 0. The molecule has 1 unspecified atom stereocenters. The molecule has 0 aromatic carbocycles. The van der Waals surface area contributed by atoms with Gasteiger partial charge in [0, 0.05) is 12.8 Å². The lowest BCUT2D eigenvalue weighted by atomic mass is 10.0. The molecule has 0 saturated heterocycles. The maximum absolute atomic E-state index is 12.6. The molecule has 1 amide bonds. The summed E-state index contributed by atoms with van der Waals surface area (Å²) in [5.74, 6) is -1.26. The quantitative estimate of drug-likeness (QED) is 0.0392. The van der Waals surface area contributed by atoms with E-state index in [1.54, 1.807) is 0 Å². The van der Waals surface area contributed by atoms with Crippen molar-refractivity contribution < 1.29 is 24.2 Å². The molecule has 0 heterocycles. The molecule has 0 saturated carbocycles. The Morgan fingerprint density at radius 3 is 1.36 bits per heavy atom. The number of esters is 1. The van der Waals surface area contributed by atoms with E-state index < -0.39 is 5.97 Å². The van der Waals surface area contributed by atoms with E-state index in [0.717, 1.165) is 57.8 Å². The molecule has 0 rings (SSSR count). The monoisotopic (exact) mass is 664 g/mol. The molecule has 6 heteroatoms. The summed E-state index contributed by atoms with van der Waals surface area (Å²) in [6.45, 7) is 4.19. The molecule has 47 heavy (non-hydrogen) atoms. The lowest BCUT2D eigenvalue weighted by Crippen LogP contribution is -2.28. The molecule has 0 aliphatic carbocycles. The first-order chi connectivity index (χ1) is 23.0. The number of carboxylic acid groups (broad SMARTS) is 1. The zero-order chi connectivity index (χ0) is 34.5. The van der Waals surface area contributed by atoms with Crippen molar-refractivity contribution in [2.75, 3.05) is 6.54 Å². The van der Waals surface area contributed by atoms with E-state index in [4.69, 9.17) is 9.84 Å². The van der Waals surface area contributed by atoms with E-state index in [1.807, 2.05) is 0 Å². The van der Waals surface area contributed by atoms with Gasteiger partial charge in [0.25, 0.3) is 0 Å². The lowest BCUT2D eigenvalue weighted by Gasteiger charge is -2.18. The maximum atomic E-state index is 12.6. The Morgan fingerprint density at radius 2 is 0.915 bits per heavy atom. The Hall–Kier alpha value is -1.85. The van der Waals surface area contributed by atoms with Crippen LogP contribution in [0, 0.1) is 0 Å². The van der Waals surface area contributed by atoms with Crippen molar-refractivity contribution >= 4 is 17.8 Å². The van der Waals surface area contributed by atoms with Gasteiger partial charge in [0.1, 0.15) is 12.6 Å².